The van der Waals surface area contributed by atoms with Crippen molar-refractivity contribution in [1.29, 1.82) is 0 Å². The number of nitrogens with zero attached hydrogens (tertiary/aromatic N) is 4. The summed E-state index contributed by atoms with van der Waals surface area (Å²) in [7, 11) is 0. The Balaban J connectivity index is 1.48. The maximum absolute atomic E-state index is 14.4. The van der Waals surface area contributed by atoms with Crippen LogP contribution in [0, 0.1) is 0 Å². The highest BCUT2D eigenvalue weighted by atomic mass is 19.4. The highest BCUT2D eigenvalue weighted by molar-refractivity contribution is 6.10. The largest absolute Gasteiger partial charge is 0.416 e. The number of hydrogen-bond acceptors (Lipinski definition) is 3. The van der Waals surface area contributed by atoms with E-state index in [0.29, 0.717) is 22.9 Å². The van der Waals surface area contributed by atoms with E-state index < -0.39 is 23.5 Å². The minimum absolute atomic E-state index is 0.154. The van der Waals surface area contributed by atoms with Crippen molar-refractivity contribution >= 4 is 21.8 Å². The van der Waals surface area contributed by atoms with Gasteiger partial charge in [0.05, 0.1) is 27.8 Å². The first-order valence-electron chi connectivity index (χ1n) is 19.2. The predicted molar refractivity (Wildman–Crippen MR) is 223 cm³/mol. The van der Waals surface area contributed by atoms with Gasteiger partial charge in [0.1, 0.15) is 0 Å². The number of aromatic nitrogens is 4. The van der Waals surface area contributed by atoms with E-state index in [1.807, 2.05) is 89.5 Å². The molecule has 0 fully saturated rings. The molecule has 6 aromatic carbocycles. The molecule has 0 amide bonds. The van der Waals surface area contributed by atoms with Gasteiger partial charge in [-0.05, 0) is 76.1 Å². The smallest absolute Gasteiger partial charge is 0.309 e. The van der Waals surface area contributed by atoms with Crippen molar-refractivity contribution < 1.29 is 26.3 Å². The Bertz CT molecular complexity index is 2700. The van der Waals surface area contributed by atoms with Crippen LogP contribution in [0.1, 0.15) is 63.8 Å². The highest BCUT2D eigenvalue weighted by Crippen LogP contribution is 2.44. The van der Waals surface area contributed by atoms with Gasteiger partial charge in [0.15, 0.2) is 17.5 Å². The summed E-state index contributed by atoms with van der Waals surface area (Å²) in [5.74, 6) is 1.07. The molecule has 2 heterocycles. The average Bonchev–Trinajstić information content (AvgIpc) is 3.53. The van der Waals surface area contributed by atoms with Gasteiger partial charge in [0.25, 0.3) is 0 Å². The van der Waals surface area contributed by atoms with E-state index in [9.17, 15) is 26.3 Å². The Morgan fingerprint density at radius 2 is 0.814 bits per heavy atom. The zero-order valence-corrected chi connectivity index (χ0v) is 33.3. The second kappa shape index (κ2) is 14.2. The average molecular weight is 799 g/mol. The summed E-state index contributed by atoms with van der Waals surface area (Å²) < 4.78 is 88.1. The molecule has 8 aromatic rings. The standard InChI is InChI=1S/C49H40F6N4/c1-46(2,3)33-18-21-40-38(27-33)39-28-34(47(4,5)6)19-22-41(39)59(40)42-25-31(17-20-37(42)32-23-35(48(50,51)52)26-36(24-32)49(53,54)55)45-57-43(29-13-9-7-10-14-29)56-44(58-45)30-15-11-8-12-16-30/h7-28H,1-6H3. The fourth-order valence-electron chi connectivity index (χ4n) is 7.36. The van der Waals surface area contributed by atoms with Gasteiger partial charge in [0.2, 0.25) is 0 Å². The van der Waals surface area contributed by atoms with Crippen LogP contribution in [0.2, 0.25) is 0 Å². The molecule has 0 N–H and O–H groups in total. The van der Waals surface area contributed by atoms with Crippen molar-refractivity contribution in [3.8, 4) is 51.0 Å². The summed E-state index contributed by atoms with van der Waals surface area (Å²) in [5, 5.41) is 1.79. The molecular formula is C49H40F6N4. The van der Waals surface area contributed by atoms with E-state index in [4.69, 9.17) is 15.0 Å². The number of benzene rings is 6. The second-order valence-corrected chi connectivity index (χ2v) is 16.9. The summed E-state index contributed by atoms with van der Waals surface area (Å²) in [6.07, 6.45) is -10.1. The van der Waals surface area contributed by atoms with E-state index in [1.165, 1.54) is 0 Å². The van der Waals surface area contributed by atoms with E-state index in [0.717, 1.165) is 56.2 Å². The first kappa shape index (κ1) is 39.5. The summed E-state index contributed by atoms with van der Waals surface area (Å²) >= 11 is 0. The molecule has 0 saturated heterocycles. The molecule has 0 aliphatic carbocycles. The summed E-state index contributed by atoms with van der Waals surface area (Å²) in [6.45, 7) is 12.7. The lowest BCUT2D eigenvalue weighted by Gasteiger charge is -2.20. The van der Waals surface area contributed by atoms with Crippen molar-refractivity contribution in [2.75, 3.05) is 0 Å². The molecular weight excluding hydrogens is 759 g/mol. The molecule has 0 aliphatic rings. The summed E-state index contributed by atoms with van der Waals surface area (Å²) in [4.78, 5) is 14.6. The molecule has 8 rings (SSSR count). The molecule has 0 radical (unpaired) electrons. The quantitative estimate of drug-likeness (QED) is 0.163. The lowest BCUT2D eigenvalue weighted by atomic mass is 9.85. The molecule has 0 unspecified atom stereocenters. The third-order valence-corrected chi connectivity index (χ3v) is 10.6. The monoisotopic (exact) mass is 798 g/mol. The lowest BCUT2D eigenvalue weighted by Crippen LogP contribution is -2.11. The maximum atomic E-state index is 14.4. The van der Waals surface area contributed by atoms with Gasteiger partial charge in [-0.2, -0.15) is 26.3 Å². The Hall–Kier alpha value is -6.29. The van der Waals surface area contributed by atoms with Crippen LogP contribution < -0.4 is 0 Å². The molecule has 4 nitrogen and oxygen atoms in total. The number of hydrogen-bond donors (Lipinski definition) is 0. The van der Waals surface area contributed by atoms with E-state index in [1.54, 1.807) is 18.2 Å². The van der Waals surface area contributed by atoms with Gasteiger partial charge in [-0.3, -0.25) is 0 Å². The minimum atomic E-state index is -5.04. The molecule has 2 aromatic heterocycles. The van der Waals surface area contributed by atoms with Crippen LogP contribution >= 0.6 is 0 Å². The maximum Gasteiger partial charge on any atom is 0.416 e. The van der Waals surface area contributed by atoms with Crippen molar-refractivity contribution in [2.24, 2.45) is 0 Å². The van der Waals surface area contributed by atoms with Gasteiger partial charge in [0, 0.05) is 33.0 Å². The number of alkyl halides is 6. The van der Waals surface area contributed by atoms with Crippen molar-refractivity contribution in [3.05, 3.63) is 156 Å². The van der Waals surface area contributed by atoms with Gasteiger partial charge in [-0.15, -0.1) is 0 Å². The molecule has 0 atom stereocenters. The first-order chi connectivity index (χ1) is 27.8. The van der Waals surface area contributed by atoms with Crippen LogP contribution in [0.4, 0.5) is 26.3 Å². The van der Waals surface area contributed by atoms with Crippen LogP contribution in [0.15, 0.2) is 133 Å². The molecule has 59 heavy (non-hydrogen) atoms. The SMILES string of the molecule is CC(C)(C)c1ccc2c(c1)c1cc(C(C)(C)C)ccc1n2-c1cc(-c2nc(-c3ccccc3)nc(-c3ccccc3)n2)ccc1-c1cc(C(F)(F)F)cc(C(F)(F)F)c1. The van der Waals surface area contributed by atoms with Crippen molar-refractivity contribution in [1.82, 2.24) is 19.5 Å². The fraction of sp³-hybridized carbons (Fsp3) is 0.204. The van der Waals surface area contributed by atoms with Crippen LogP contribution in [-0.4, -0.2) is 19.5 Å². The Kier molecular flexibility index (Phi) is 9.53. The van der Waals surface area contributed by atoms with Crippen LogP contribution in [0.3, 0.4) is 0 Å². The van der Waals surface area contributed by atoms with E-state index in [2.05, 4.69) is 53.7 Å². The normalized spacial score (nSPS) is 12.7. The third kappa shape index (κ3) is 7.71. The van der Waals surface area contributed by atoms with Crippen molar-refractivity contribution in [2.45, 2.75) is 64.7 Å². The zero-order chi connectivity index (χ0) is 42.1. The minimum Gasteiger partial charge on any atom is -0.309 e. The lowest BCUT2D eigenvalue weighted by molar-refractivity contribution is -0.143. The number of rotatable bonds is 5. The van der Waals surface area contributed by atoms with Gasteiger partial charge in [-0.25, -0.2) is 15.0 Å². The molecule has 10 heteroatoms. The van der Waals surface area contributed by atoms with Gasteiger partial charge >= 0.3 is 12.4 Å². The first-order valence-corrected chi connectivity index (χ1v) is 19.2. The third-order valence-electron chi connectivity index (χ3n) is 10.6. The Labute approximate surface area is 338 Å². The topological polar surface area (TPSA) is 43.6 Å². The molecule has 298 valence electrons. The molecule has 0 spiro atoms. The van der Waals surface area contributed by atoms with Crippen LogP contribution in [0.25, 0.3) is 72.8 Å². The molecule has 0 aliphatic heterocycles. The Morgan fingerprint density at radius 1 is 0.390 bits per heavy atom. The molecule has 0 saturated carbocycles. The highest BCUT2D eigenvalue weighted by Gasteiger charge is 2.37. The number of halogens is 6. The summed E-state index contributed by atoms with van der Waals surface area (Å²) in [6, 6.07) is 37.6. The van der Waals surface area contributed by atoms with E-state index in [-0.39, 0.29) is 33.8 Å². The molecule has 0 bridgehead atoms. The fourth-order valence-corrected chi connectivity index (χ4v) is 7.36. The van der Waals surface area contributed by atoms with Gasteiger partial charge < -0.3 is 4.57 Å². The zero-order valence-electron chi connectivity index (χ0n) is 33.3. The second-order valence-electron chi connectivity index (χ2n) is 16.9. The number of fused-ring (bicyclic) bond motifs is 3. The Morgan fingerprint density at radius 3 is 1.22 bits per heavy atom. The van der Waals surface area contributed by atoms with Crippen LogP contribution in [0.5, 0.6) is 0 Å². The van der Waals surface area contributed by atoms with E-state index >= 15 is 0 Å². The van der Waals surface area contributed by atoms with Crippen molar-refractivity contribution in [3.63, 3.8) is 0 Å². The van der Waals surface area contributed by atoms with Crippen LogP contribution in [-0.2, 0) is 23.2 Å². The predicted octanol–water partition coefficient (Wildman–Crippen LogP) is 14.3. The summed E-state index contributed by atoms with van der Waals surface area (Å²) in [5.41, 5.74) is 2.58. The van der Waals surface area contributed by atoms with Gasteiger partial charge in [-0.1, -0.05) is 126 Å².